The lowest BCUT2D eigenvalue weighted by atomic mass is 9.80. The minimum Gasteiger partial charge on any atom is -0.479 e. The van der Waals surface area contributed by atoms with Crippen molar-refractivity contribution < 1.29 is 4.74 Å². The van der Waals surface area contributed by atoms with Crippen LogP contribution >= 0.6 is 0 Å². The van der Waals surface area contributed by atoms with E-state index in [-0.39, 0.29) is 0 Å². The van der Waals surface area contributed by atoms with E-state index in [0.29, 0.717) is 12.6 Å². The summed E-state index contributed by atoms with van der Waals surface area (Å²) in [6.45, 7) is 1.45. The van der Waals surface area contributed by atoms with E-state index in [1.165, 1.54) is 19.3 Å². The van der Waals surface area contributed by atoms with Gasteiger partial charge in [0.05, 0.1) is 6.04 Å². The Morgan fingerprint density at radius 3 is 2.92 bits per heavy atom. The van der Waals surface area contributed by atoms with E-state index >= 15 is 0 Å². The van der Waals surface area contributed by atoms with E-state index in [2.05, 4.69) is 4.99 Å². The third-order valence-electron chi connectivity index (χ3n) is 2.78. The second-order valence-electron chi connectivity index (χ2n) is 3.63. The van der Waals surface area contributed by atoms with Crippen molar-refractivity contribution in [2.75, 3.05) is 13.2 Å². The van der Waals surface area contributed by atoms with Gasteiger partial charge in [0.2, 0.25) is 0 Å². The molecule has 3 heteroatoms. The summed E-state index contributed by atoms with van der Waals surface area (Å²) >= 11 is 0. The van der Waals surface area contributed by atoms with Crippen LogP contribution in [0.1, 0.15) is 25.7 Å². The fourth-order valence-electron chi connectivity index (χ4n) is 1.77. The van der Waals surface area contributed by atoms with Crippen LogP contribution in [-0.2, 0) is 4.74 Å². The zero-order chi connectivity index (χ0) is 8.39. The number of ether oxygens (including phenoxy) is 1. The largest absolute Gasteiger partial charge is 0.479 e. The Kier molecular flexibility index (Phi) is 2.30. The molecule has 1 heterocycles. The maximum atomic E-state index is 5.43. The lowest BCUT2D eigenvalue weighted by Gasteiger charge is -2.27. The van der Waals surface area contributed by atoms with Crippen LogP contribution in [0.2, 0.25) is 0 Å². The molecule has 0 amide bonds. The summed E-state index contributed by atoms with van der Waals surface area (Å²) in [5.74, 6) is 1.69. The van der Waals surface area contributed by atoms with Crippen LogP contribution in [0.5, 0.6) is 0 Å². The first-order valence-corrected chi connectivity index (χ1v) is 4.79. The van der Waals surface area contributed by atoms with Crippen molar-refractivity contribution in [3.8, 4) is 0 Å². The Bertz CT molecular complexity index is 187. The Hall–Kier alpha value is -0.570. The molecule has 0 aromatic heterocycles. The van der Waals surface area contributed by atoms with Gasteiger partial charge in [-0.05, 0) is 18.8 Å². The maximum absolute atomic E-state index is 5.43. The van der Waals surface area contributed by atoms with Gasteiger partial charge in [0.25, 0.3) is 0 Å². The van der Waals surface area contributed by atoms with Crippen molar-refractivity contribution in [2.24, 2.45) is 16.6 Å². The number of hydrogen-bond acceptors (Lipinski definition) is 3. The molecule has 1 unspecified atom stereocenters. The van der Waals surface area contributed by atoms with Crippen molar-refractivity contribution in [3.63, 3.8) is 0 Å². The normalized spacial score (nSPS) is 29.4. The molecule has 1 aliphatic carbocycles. The summed E-state index contributed by atoms with van der Waals surface area (Å²) in [7, 11) is 0. The van der Waals surface area contributed by atoms with E-state index in [1.807, 2.05) is 0 Å². The number of rotatable bonds is 3. The first-order chi connectivity index (χ1) is 5.90. The van der Waals surface area contributed by atoms with Gasteiger partial charge in [0.1, 0.15) is 6.61 Å². The van der Waals surface area contributed by atoms with Crippen LogP contribution in [0.3, 0.4) is 0 Å². The van der Waals surface area contributed by atoms with Crippen LogP contribution < -0.4 is 5.73 Å². The van der Waals surface area contributed by atoms with Crippen LogP contribution in [0.15, 0.2) is 4.99 Å². The summed E-state index contributed by atoms with van der Waals surface area (Å²) < 4.78 is 5.43. The number of nitrogens with two attached hydrogens (primary N) is 1. The summed E-state index contributed by atoms with van der Waals surface area (Å²) in [5.41, 5.74) is 5.42. The Morgan fingerprint density at radius 2 is 2.33 bits per heavy atom. The van der Waals surface area contributed by atoms with E-state index in [0.717, 1.165) is 24.8 Å². The van der Waals surface area contributed by atoms with Crippen molar-refractivity contribution in [3.05, 3.63) is 0 Å². The minimum atomic E-state index is 0.459. The molecule has 2 rings (SSSR count). The number of aliphatic imine (C=N–C) groups is 1. The molecular weight excluding hydrogens is 152 g/mol. The van der Waals surface area contributed by atoms with Crippen molar-refractivity contribution >= 4 is 5.90 Å². The highest BCUT2D eigenvalue weighted by Gasteiger charge is 2.31. The second kappa shape index (κ2) is 3.44. The molecule has 2 aliphatic rings. The van der Waals surface area contributed by atoms with E-state index in [1.54, 1.807) is 0 Å². The van der Waals surface area contributed by atoms with E-state index in [4.69, 9.17) is 10.5 Å². The lowest BCUT2D eigenvalue weighted by molar-refractivity contribution is 0.211. The molecule has 0 saturated heterocycles. The second-order valence-corrected chi connectivity index (χ2v) is 3.63. The van der Waals surface area contributed by atoms with Gasteiger partial charge in [-0.15, -0.1) is 0 Å². The molecule has 0 spiro atoms. The first-order valence-electron chi connectivity index (χ1n) is 4.79. The summed E-state index contributed by atoms with van der Waals surface area (Å²) in [4.78, 5) is 4.51. The molecule has 2 N–H and O–H groups in total. The van der Waals surface area contributed by atoms with Crippen molar-refractivity contribution in [1.29, 1.82) is 0 Å². The fourth-order valence-corrected chi connectivity index (χ4v) is 1.77. The molecule has 1 aliphatic heterocycles. The third-order valence-corrected chi connectivity index (χ3v) is 2.78. The van der Waals surface area contributed by atoms with Gasteiger partial charge in [-0.2, -0.15) is 0 Å². The van der Waals surface area contributed by atoms with Gasteiger partial charge in [-0.25, -0.2) is 4.99 Å². The number of hydrogen-bond donors (Lipinski definition) is 1. The van der Waals surface area contributed by atoms with Crippen LogP contribution in [-0.4, -0.2) is 25.1 Å². The highest BCUT2D eigenvalue weighted by Crippen LogP contribution is 2.33. The van der Waals surface area contributed by atoms with Gasteiger partial charge in [0.15, 0.2) is 5.90 Å². The highest BCUT2D eigenvalue weighted by atomic mass is 16.5. The SMILES string of the molecule is NCCC1=NC(C2CCC2)CO1. The average Bonchev–Trinajstić information content (AvgIpc) is 2.34. The Morgan fingerprint density at radius 1 is 1.50 bits per heavy atom. The molecule has 0 radical (unpaired) electrons. The third kappa shape index (κ3) is 1.46. The number of nitrogens with zero attached hydrogens (tertiary/aromatic N) is 1. The summed E-state index contributed by atoms with van der Waals surface area (Å²) in [6.07, 6.45) is 4.87. The van der Waals surface area contributed by atoms with E-state index < -0.39 is 0 Å². The van der Waals surface area contributed by atoms with Crippen molar-refractivity contribution in [1.82, 2.24) is 0 Å². The van der Waals surface area contributed by atoms with Crippen molar-refractivity contribution in [2.45, 2.75) is 31.7 Å². The van der Waals surface area contributed by atoms with Gasteiger partial charge >= 0.3 is 0 Å². The molecule has 0 aromatic rings. The highest BCUT2D eigenvalue weighted by molar-refractivity contribution is 5.77. The molecule has 12 heavy (non-hydrogen) atoms. The first kappa shape index (κ1) is 8.05. The maximum Gasteiger partial charge on any atom is 0.184 e. The standard InChI is InChI=1S/C9H16N2O/c10-5-4-9-11-8(6-12-9)7-2-1-3-7/h7-8H,1-6,10H2. The monoisotopic (exact) mass is 168 g/mol. The topological polar surface area (TPSA) is 47.6 Å². The van der Waals surface area contributed by atoms with Gasteiger partial charge in [-0.3, -0.25) is 0 Å². The molecular formula is C9H16N2O. The van der Waals surface area contributed by atoms with Crippen LogP contribution in [0.4, 0.5) is 0 Å². The minimum absolute atomic E-state index is 0.459. The van der Waals surface area contributed by atoms with E-state index in [9.17, 15) is 0 Å². The predicted molar refractivity (Wildman–Crippen MR) is 48.2 cm³/mol. The molecule has 1 atom stereocenters. The molecule has 0 bridgehead atoms. The van der Waals surface area contributed by atoms with Crippen LogP contribution in [0, 0.1) is 5.92 Å². The smallest absolute Gasteiger partial charge is 0.184 e. The molecule has 3 nitrogen and oxygen atoms in total. The zero-order valence-corrected chi connectivity index (χ0v) is 7.33. The van der Waals surface area contributed by atoms with Crippen LogP contribution in [0.25, 0.3) is 0 Å². The zero-order valence-electron chi connectivity index (χ0n) is 7.33. The summed E-state index contributed by atoms with van der Waals surface area (Å²) in [5, 5.41) is 0. The van der Waals surface area contributed by atoms with Gasteiger partial charge < -0.3 is 10.5 Å². The molecule has 68 valence electrons. The molecule has 0 aromatic carbocycles. The Balaban J connectivity index is 1.85. The van der Waals surface area contributed by atoms with Gasteiger partial charge in [-0.1, -0.05) is 6.42 Å². The van der Waals surface area contributed by atoms with Gasteiger partial charge in [0, 0.05) is 13.0 Å². The summed E-state index contributed by atoms with van der Waals surface area (Å²) in [6, 6.07) is 0.459. The lowest BCUT2D eigenvalue weighted by Crippen LogP contribution is -2.26. The average molecular weight is 168 g/mol. The predicted octanol–water partition coefficient (Wildman–Crippen LogP) is 0.933. The molecule has 1 fully saturated rings. The molecule has 1 saturated carbocycles. The quantitative estimate of drug-likeness (QED) is 0.681. The fraction of sp³-hybridized carbons (Fsp3) is 0.889. The Labute approximate surface area is 73.0 Å².